The van der Waals surface area contributed by atoms with E-state index in [1.807, 2.05) is 32.0 Å². The van der Waals surface area contributed by atoms with Crippen molar-refractivity contribution >= 4 is 33.9 Å². The molecule has 1 amide bonds. The van der Waals surface area contributed by atoms with E-state index in [2.05, 4.69) is 27.1 Å². The van der Waals surface area contributed by atoms with Crippen LogP contribution in [0.25, 0.3) is 10.9 Å². The van der Waals surface area contributed by atoms with Gasteiger partial charge in [-0.15, -0.1) is 0 Å². The first-order valence-electron chi connectivity index (χ1n) is 10.9. The zero-order valence-corrected chi connectivity index (χ0v) is 18.7. The van der Waals surface area contributed by atoms with Gasteiger partial charge in [0.15, 0.2) is 5.69 Å². The molecule has 168 valence electrons. The van der Waals surface area contributed by atoms with Gasteiger partial charge in [0.1, 0.15) is 0 Å². The second-order valence-electron chi connectivity index (χ2n) is 8.65. The molecule has 0 aliphatic carbocycles. The largest absolute Gasteiger partial charge is 0.397 e. The molecule has 4 rings (SSSR count). The maximum absolute atomic E-state index is 13.2. The van der Waals surface area contributed by atoms with E-state index in [-0.39, 0.29) is 17.7 Å². The highest BCUT2D eigenvalue weighted by Gasteiger charge is 2.32. The maximum Gasteiger partial charge on any atom is 0.276 e. The van der Waals surface area contributed by atoms with Crippen LogP contribution in [-0.2, 0) is 6.42 Å². The molecule has 0 unspecified atom stereocenters. The number of aliphatic hydroxyl groups is 1. The topological polar surface area (TPSA) is 130 Å². The van der Waals surface area contributed by atoms with E-state index in [0.717, 1.165) is 34.1 Å². The number of rotatable bonds is 4. The molecule has 0 bridgehead atoms. The average Bonchev–Trinajstić information content (AvgIpc) is 2.76. The van der Waals surface area contributed by atoms with Gasteiger partial charge in [-0.2, -0.15) is 0 Å². The lowest BCUT2D eigenvalue weighted by Crippen LogP contribution is -2.55. The number of anilines is 3. The fraction of sp³-hybridized carbons (Fsp3) is 0.375. The van der Waals surface area contributed by atoms with E-state index in [4.69, 9.17) is 11.5 Å². The molecule has 1 aliphatic heterocycles. The minimum atomic E-state index is -0.555. The summed E-state index contributed by atoms with van der Waals surface area (Å²) in [5.74, 6) is -0.394. The van der Waals surface area contributed by atoms with Crippen LogP contribution in [0.2, 0.25) is 0 Å². The van der Waals surface area contributed by atoms with Crippen LogP contribution < -0.4 is 21.7 Å². The minimum absolute atomic E-state index is 0.000396. The Kier molecular flexibility index (Phi) is 5.99. The van der Waals surface area contributed by atoms with E-state index in [9.17, 15) is 9.90 Å². The Hall–Kier alpha value is -3.23. The number of nitrogens with zero attached hydrogens (tertiary/aromatic N) is 3. The quantitative estimate of drug-likeness (QED) is 0.496. The van der Waals surface area contributed by atoms with Crippen molar-refractivity contribution in [3.8, 4) is 0 Å². The number of pyridine rings is 2. The number of nitrogen functional groups attached to an aromatic ring is 1. The van der Waals surface area contributed by atoms with E-state index >= 15 is 0 Å². The molecule has 3 heterocycles. The highest BCUT2D eigenvalue weighted by Crippen LogP contribution is 2.33. The first-order chi connectivity index (χ1) is 15.3. The Morgan fingerprint density at radius 3 is 2.78 bits per heavy atom. The molecule has 8 nitrogen and oxygen atoms in total. The zero-order valence-electron chi connectivity index (χ0n) is 18.7. The zero-order chi connectivity index (χ0) is 23.0. The molecule has 3 aromatic rings. The highest BCUT2D eigenvalue weighted by molar-refractivity contribution is 6.09. The van der Waals surface area contributed by atoms with Crippen molar-refractivity contribution in [3.63, 3.8) is 0 Å². The summed E-state index contributed by atoms with van der Waals surface area (Å²) in [6.07, 6.45) is 3.70. The van der Waals surface area contributed by atoms with Crippen LogP contribution in [0, 0.1) is 12.8 Å². The van der Waals surface area contributed by atoms with Crippen LogP contribution in [-0.4, -0.2) is 46.2 Å². The van der Waals surface area contributed by atoms with Gasteiger partial charge in [-0.3, -0.25) is 9.78 Å². The van der Waals surface area contributed by atoms with Crippen molar-refractivity contribution in [2.45, 2.75) is 39.3 Å². The number of piperidine rings is 1. The number of amides is 1. The van der Waals surface area contributed by atoms with Crippen molar-refractivity contribution in [1.82, 2.24) is 9.97 Å². The number of nitrogens with two attached hydrogens (primary N) is 2. The Balaban J connectivity index is 1.67. The van der Waals surface area contributed by atoms with Crippen molar-refractivity contribution in [2.24, 2.45) is 11.7 Å². The Bertz CT molecular complexity index is 1150. The third-order valence-electron chi connectivity index (χ3n) is 6.16. The molecule has 0 saturated carbocycles. The maximum atomic E-state index is 13.2. The molecule has 0 radical (unpaired) electrons. The number of carbonyl (C=O) groups is 1. The van der Waals surface area contributed by atoms with Gasteiger partial charge in [0.25, 0.3) is 5.91 Å². The minimum Gasteiger partial charge on any atom is -0.397 e. The molecule has 2 aromatic heterocycles. The summed E-state index contributed by atoms with van der Waals surface area (Å²) in [6.45, 7) is 7.09. The van der Waals surface area contributed by atoms with Gasteiger partial charge < -0.3 is 26.8 Å². The first kappa shape index (κ1) is 22.0. The molecule has 1 aliphatic rings. The van der Waals surface area contributed by atoms with Gasteiger partial charge in [-0.1, -0.05) is 26.0 Å². The smallest absolute Gasteiger partial charge is 0.276 e. The van der Waals surface area contributed by atoms with E-state index in [1.54, 1.807) is 18.5 Å². The molecular formula is C24H30N6O2. The molecule has 8 heteroatoms. The second kappa shape index (κ2) is 8.72. The van der Waals surface area contributed by atoms with Crippen LogP contribution in [0.15, 0.2) is 36.7 Å². The number of hydrogen-bond donors (Lipinski definition) is 4. The molecular weight excluding hydrogens is 404 g/mol. The monoisotopic (exact) mass is 434 g/mol. The van der Waals surface area contributed by atoms with E-state index < -0.39 is 12.0 Å². The van der Waals surface area contributed by atoms with E-state index in [1.165, 1.54) is 0 Å². The standard InChI is InChI=1S/C24H30N6O2/c1-4-15-5-6-16-8-17(25)21(28-19(16)7-15)24(32)29-20-10-27-9-13(2)22(20)30-11-14(3)23(31)18(26)12-30/h5-10,14,18,23,31H,4,11-12,25-26H2,1-3H3,(H,29,32)/t14-,18+,23+/m0/s1. The fourth-order valence-electron chi connectivity index (χ4n) is 4.38. The highest BCUT2D eigenvalue weighted by atomic mass is 16.3. The lowest BCUT2D eigenvalue weighted by atomic mass is 9.92. The Morgan fingerprint density at radius 1 is 1.28 bits per heavy atom. The van der Waals surface area contributed by atoms with Crippen molar-refractivity contribution in [3.05, 3.63) is 53.5 Å². The number of benzene rings is 1. The first-order valence-corrected chi connectivity index (χ1v) is 10.9. The predicted octanol–water partition coefficient (Wildman–Crippen LogP) is 2.48. The van der Waals surface area contributed by atoms with Gasteiger partial charge >= 0.3 is 0 Å². The fourth-order valence-corrected chi connectivity index (χ4v) is 4.38. The van der Waals surface area contributed by atoms with Crippen LogP contribution in [0.4, 0.5) is 17.1 Å². The number of aryl methyl sites for hydroxylation is 2. The Labute approximate surface area is 187 Å². The third-order valence-corrected chi connectivity index (χ3v) is 6.16. The molecule has 0 spiro atoms. The Morgan fingerprint density at radius 2 is 2.06 bits per heavy atom. The number of nitrogens with one attached hydrogen (secondary N) is 1. The van der Waals surface area contributed by atoms with Gasteiger partial charge in [-0.25, -0.2) is 4.98 Å². The van der Waals surface area contributed by atoms with Crippen LogP contribution in [0.3, 0.4) is 0 Å². The molecule has 1 fully saturated rings. The van der Waals surface area contributed by atoms with Crippen LogP contribution in [0.1, 0.15) is 35.5 Å². The SMILES string of the molecule is CCc1ccc2cc(N)c(C(=O)Nc3cncc(C)c3N3C[C@@H](N)[C@H](O)[C@@H](C)C3)nc2c1. The normalized spacial score (nSPS) is 21.0. The van der Waals surface area contributed by atoms with Gasteiger partial charge in [0.05, 0.1) is 34.9 Å². The van der Waals surface area contributed by atoms with Gasteiger partial charge in [0, 0.05) is 36.6 Å². The number of carbonyl (C=O) groups excluding carboxylic acids is 1. The van der Waals surface area contributed by atoms with Crippen LogP contribution >= 0.6 is 0 Å². The predicted molar refractivity (Wildman–Crippen MR) is 128 cm³/mol. The van der Waals surface area contributed by atoms with Crippen molar-refractivity contribution in [2.75, 3.05) is 29.0 Å². The summed E-state index contributed by atoms with van der Waals surface area (Å²) >= 11 is 0. The molecule has 32 heavy (non-hydrogen) atoms. The van der Waals surface area contributed by atoms with E-state index in [0.29, 0.717) is 24.5 Å². The molecule has 1 saturated heterocycles. The number of hydrogen-bond acceptors (Lipinski definition) is 7. The van der Waals surface area contributed by atoms with Gasteiger partial charge in [-0.05, 0) is 36.6 Å². The lowest BCUT2D eigenvalue weighted by Gasteiger charge is -2.41. The summed E-state index contributed by atoms with van der Waals surface area (Å²) in [4.78, 5) is 24.1. The summed E-state index contributed by atoms with van der Waals surface area (Å²) in [5, 5.41) is 14.1. The van der Waals surface area contributed by atoms with Crippen LogP contribution in [0.5, 0.6) is 0 Å². The molecule has 6 N–H and O–H groups in total. The number of aliphatic hydroxyl groups excluding tert-OH is 1. The molecule has 1 aromatic carbocycles. The lowest BCUT2D eigenvalue weighted by molar-refractivity contribution is 0.0785. The average molecular weight is 435 g/mol. The molecule has 3 atom stereocenters. The third kappa shape index (κ3) is 4.11. The second-order valence-corrected chi connectivity index (χ2v) is 8.65. The number of fused-ring (bicyclic) bond motifs is 1. The summed E-state index contributed by atoms with van der Waals surface area (Å²) in [5.41, 5.74) is 17.0. The summed E-state index contributed by atoms with van der Waals surface area (Å²) in [6, 6.07) is 7.39. The van der Waals surface area contributed by atoms with Gasteiger partial charge in [0.2, 0.25) is 0 Å². The number of aromatic nitrogens is 2. The van der Waals surface area contributed by atoms with Crippen molar-refractivity contribution in [1.29, 1.82) is 0 Å². The summed E-state index contributed by atoms with van der Waals surface area (Å²) < 4.78 is 0. The summed E-state index contributed by atoms with van der Waals surface area (Å²) in [7, 11) is 0. The van der Waals surface area contributed by atoms with Crippen molar-refractivity contribution < 1.29 is 9.90 Å².